The highest BCUT2D eigenvalue weighted by Gasteiger charge is 2.05. The summed E-state index contributed by atoms with van der Waals surface area (Å²) in [6.45, 7) is 2.02. The van der Waals surface area contributed by atoms with E-state index in [-0.39, 0.29) is 0 Å². The van der Waals surface area contributed by atoms with Gasteiger partial charge in [-0.15, -0.1) is 0 Å². The van der Waals surface area contributed by atoms with Crippen LogP contribution in [0.3, 0.4) is 0 Å². The van der Waals surface area contributed by atoms with E-state index in [1.807, 2.05) is 37.3 Å². The van der Waals surface area contributed by atoms with Gasteiger partial charge in [-0.25, -0.2) is 0 Å². The molecule has 2 heteroatoms. The lowest BCUT2D eigenvalue weighted by atomic mass is 10.4. The summed E-state index contributed by atoms with van der Waals surface area (Å²) in [4.78, 5) is 9.43. The molecule has 1 rings (SSSR count). The van der Waals surface area contributed by atoms with E-state index in [4.69, 9.17) is 0 Å². The van der Waals surface area contributed by atoms with Crippen LogP contribution in [0.4, 0.5) is 0 Å². The summed E-state index contributed by atoms with van der Waals surface area (Å²) in [6, 6.07) is 10.7. The third kappa shape index (κ3) is 1.69. The molecule has 0 saturated carbocycles. The molecule has 1 aromatic carbocycles. The number of hydrogen-bond acceptors (Lipinski definition) is 1. The van der Waals surface area contributed by atoms with Gasteiger partial charge in [0.1, 0.15) is 0 Å². The van der Waals surface area contributed by atoms with Crippen LogP contribution in [0.25, 0.3) is 0 Å². The Morgan fingerprint density at radius 3 is 2.40 bits per heavy atom. The van der Waals surface area contributed by atoms with Crippen LogP contribution in [-0.4, -0.2) is 13.8 Å². The molecule has 1 nitrogen and oxygen atoms in total. The van der Waals surface area contributed by atoms with Crippen LogP contribution in [0.2, 0.25) is 6.04 Å². The van der Waals surface area contributed by atoms with Crippen molar-refractivity contribution in [3.8, 4) is 0 Å². The summed E-state index contributed by atoms with van der Waals surface area (Å²) in [6.07, 6.45) is 0. The van der Waals surface area contributed by atoms with Crippen LogP contribution in [0.15, 0.2) is 30.3 Å². The molecule has 0 saturated heterocycles. The lowest BCUT2D eigenvalue weighted by Crippen LogP contribution is -2.28. The van der Waals surface area contributed by atoms with Crippen molar-refractivity contribution in [2.24, 2.45) is 0 Å². The minimum atomic E-state index is -1.21. The predicted molar refractivity (Wildman–Crippen MR) is 44.5 cm³/mol. The molecule has 1 N–H and O–H groups in total. The number of rotatable bonds is 2. The summed E-state index contributed by atoms with van der Waals surface area (Å²) in [5.74, 6) is 0. The van der Waals surface area contributed by atoms with Gasteiger partial charge in [0.2, 0.25) is 9.04 Å². The summed E-state index contributed by atoms with van der Waals surface area (Å²) in [5.41, 5.74) is 0. The highest BCUT2D eigenvalue weighted by atomic mass is 28.3. The van der Waals surface area contributed by atoms with E-state index in [0.717, 1.165) is 11.2 Å². The Hall–Kier alpha value is -0.603. The second kappa shape index (κ2) is 3.54. The average molecular weight is 151 g/mol. The highest BCUT2D eigenvalue weighted by molar-refractivity contribution is 6.65. The van der Waals surface area contributed by atoms with Gasteiger partial charge in [0.05, 0.1) is 0 Å². The first-order valence-electron chi connectivity index (χ1n) is 3.44. The molecular weight excluding hydrogens is 140 g/mol. The number of benzene rings is 1. The monoisotopic (exact) mass is 151 g/mol. The van der Waals surface area contributed by atoms with Gasteiger partial charge in [-0.1, -0.05) is 37.3 Å². The van der Waals surface area contributed by atoms with Gasteiger partial charge >= 0.3 is 0 Å². The van der Waals surface area contributed by atoms with E-state index in [2.05, 4.69) is 0 Å². The molecule has 0 amide bonds. The van der Waals surface area contributed by atoms with Crippen molar-refractivity contribution < 1.29 is 4.80 Å². The van der Waals surface area contributed by atoms with Gasteiger partial charge in [0.25, 0.3) is 0 Å². The molecule has 0 spiro atoms. The second-order valence-corrected chi connectivity index (χ2v) is 4.34. The highest BCUT2D eigenvalue weighted by Crippen LogP contribution is 1.89. The quantitative estimate of drug-likeness (QED) is 0.623. The molecule has 1 aromatic rings. The predicted octanol–water partition coefficient (Wildman–Crippen LogP) is 0.897. The van der Waals surface area contributed by atoms with Gasteiger partial charge in [0, 0.05) is 0 Å². The molecule has 0 atom stereocenters. The smallest absolute Gasteiger partial charge is 0.242 e. The summed E-state index contributed by atoms with van der Waals surface area (Å²) >= 11 is 0. The van der Waals surface area contributed by atoms with E-state index in [1.165, 1.54) is 0 Å². The van der Waals surface area contributed by atoms with Gasteiger partial charge in [-0.3, -0.25) is 0 Å². The van der Waals surface area contributed by atoms with Gasteiger partial charge in [-0.2, -0.15) is 0 Å². The Balaban J connectivity index is 2.75. The Labute approximate surface area is 63.1 Å². The molecule has 0 bridgehead atoms. The van der Waals surface area contributed by atoms with Gasteiger partial charge in [0.15, 0.2) is 0 Å². The topological polar surface area (TPSA) is 20.2 Å². The van der Waals surface area contributed by atoms with Crippen molar-refractivity contribution in [2.45, 2.75) is 13.0 Å². The first-order chi connectivity index (χ1) is 4.84. The van der Waals surface area contributed by atoms with E-state index in [0.29, 0.717) is 0 Å². The third-order valence-electron chi connectivity index (χ3n) is 1.44. The molecule has 0 aromatic heterocycles. The normalized spacial score (nSPS) is 10.3. The van der Waals surface area contributed by atoms with Crippen LogP contribution in [0, 0.1) is 0 Å². The zero-order valence-corrected chi connectivity index (χ0v) is 7.04. The van der Waals surface area contributed by atoms with Crippen LogP contribution in [-0.2, 0) is 0 Å². The van der Waals surface area contributed by atoms with Crippen LogP contribution in [0.1, 0.15) is 6.92 Å². The largest absolute Gasteiger partial charge is 0.427 e. The van der Waals surface area contributed by atoms with Crippen molar-refractivity contribution in [1.29, 1.82) is 0 Å². The third-order valence-corrected chi connectivity index (χ3v) is 3.11. The van der Waals surface area contributed by atoms with E-state index in [1.54, 1.807) is 0 Å². The molecule has 0 aliphatic rings. The minimum Gasteiger partial charge on any atom is -0.427 e. The molecule has 0 unspecified atom stereocenters. The number of hydrogen-bond donors (Lipinski definition) is 1. The molecule has 1 radical (unpaired) electrons. The van der Waals surface area contributed by atoms with E-state index >= 15 is 0 Å². The lowest BCUT2D eigenvalue weighted by Gasteiger charge is -2.02. The van der Waals surface area contributed by atoms with E-state index < -0.39 is 9.04 Å². The fourth-order valence-electron chi connectivity index (χ4n) is 0.835. The summed E-state index contributed by atoms with van der Waals surface area (Å²) < 4.78 is 0. The van der Waals surface area contributed by atoms with Crippen LogP contribution in [0.5, 0.6) is 0 Å². The maximum atomic E-state index is 9.43. The average Bonchev–Trinajstić information content (AvgIpc) is 2.05. The van der Waals surface area contributed by atoms with Crippen molar-refractivity contribution in [2.75, 3.05) is 0 Å². The summed E-state index contributed by atoms with van der Waals surface area (Å²) in [7, 11) is -1.21. The van der Waals surface area contributed by atoms with Crippen molar-refractivity contribution >= 4 is 14.2 Å². The SMILES string of the molecule is CC[Si](O)c1ccccc1. The molecule has 53 valence electrons. The fourth-order valence-corrected chi connectivity index (χ4v) is 1.82. The fraction of sp³-hybridized carbons (Fsp3) is 0.250. The molecule has 0 aliphatic heterocycles. The van der Waals surface area contributed by atoms with Crippen molar-refractivity contribution in [3.63, 3.8) is 0 Å². The van der Waals surface area contributed by atoms with E-state index in [9.17, 15) is 4.80 Å². The zero-order chi connectivity index (χ0) is 7.40. The van der Waals surface area contributed by atoms with Crippen LogP contribution >= 0.6 is 0 Å². The van der Waals surface area contributed by atoms with Crippen molar-refractivity contribution in [1.82, 2.24) is 0 Å². The molecular formula is C8H11OSi. The first-order valence-corrected chi connectivity index (χ1v) is 5.10. The molecule has 0 heterocycles. The maximum Gasteiger partial charge on any atom is 0.242 e. The van der Waals surface area contributed by atoms with Crippen LogP contribution < -0.4 is 5.19 Å². The van der Waals surface area contributed by atoms with Gasteiger partial charge in [-0.05, 0) is 11.2 Å². The first kappa shape index (κ1) is 7.50. The van der Waals surface area contributed by atoms with Gasteiger partial charge < -0.3 is 4.80 Å². The molecule has 0 fully saturated rings. The lowest BCUT2D eigenvalue weighted by molar-refractivity contribution is 0.586. The molecule has 10 heavy (non-hydrogen) atoms. The zero-order valence-electron chi connectivity index (χ0n) is 6.04. The second-order valence-electron chi connectivity index (χ2n) is 2.17. The Bertz CT molecular complexity index is 186. The molecule has 0 aliphatic carbocycles. The van der Waals surface area contributed by atoms with Crippen molar-refractivity contribution in [3.05, 3.63) is 30.3 Å². The Morgan fingerprint density at radius 2 is 1.90 bits per heavy atom. The Kier molecular flexibility index (Phi) is 2.65. The summed E-state index contributed by atoms with van der Waals surface area (Å²) in [5, 5.41) is 1.11. The standard InChI is InChI=1S/C8H11OSi/c1-2-10(9)8-6-4-3-5-7-8/h3-7,9H,2H2,1H3. The Morgan fingerprint density at radius 1 is 1.30 bits per heavy atom. The maximum absolute atomic E-state index is 9.43. The minimum absolute atomic E-state index is 0.884.